The SMILES string of the molecule is CCOC(=O)C(C)Oc1ccccc1C=C1C(=O)NN(c2ccccc2)C1=O. The van der Waals surface area contributed by atoms with Crippen LogP contribution in [0.3, 0.4) is 0 Å². The number of nitrogens with zero attached hydrogens (tertiary/aromatic N) is 1. The number of carbonyl (C=O) groups excluding carboxylic acids is 3. The summed E-state index contributed by atoms with van der Waals surface area (Å²) in [4.78, 5) is 36.9. The number of benzene rings is 2. The molecule has 0 bridgehead atoms. The number of anilines is 1. The molecule has 1 unspecified atom stereocenters. The molecule has 1 saturated heterocycles. The van der Waals surface area contributed by atoms with Gasteiger partial charge in [0.15, 0.2) is 6.10 Å². The van der Waals surface area contributed by atoms with Crippen molar-refractivity contribution in [2.24, 2.45) is 0 Å². The number of esters is 1. The predicted octanol–water partition coefficient (Wildman–Crippen LogP) is 2.48. The Morgan fingerprint density at radius 1 is 1.11 bits per heavy atom. The van der Waals surface area contributed by atoms with E-state index in [9.17, 15) is 14.4 Å². The van der Waals surface area contributed by atoms with E-state index in [0.29, 0.717) is 17.0 Å². The summed E-state index contributed by atoms with van der Waals surface area (Å²) in [5.41, 5.74) is 3.59. The van der Waals surface area contributed by atoms with Crippen molar-refractivity contribution in [1.82, 2.24) is 5.43 Å². The van der Waals surface area contributed by atoms with Crippen molar-refractivity contribution in [2.45, 2.75) is 20.0 Å². The number of rotatable bonds is 6. The van der Waals surface area contributed by atoms with E-state index < -0.39 is 23.9 Å². The van der Waals surface area contributed by atoms with Gasteiger partial charge in [0.25, 0.3) is 11.8 Å². The van der Waals surface area contributed by atoms with Gasteiger partial charge in [-0.25, -0.2) is 9.80 Å². The van der Waals surface area contributed by atoms with Gasteiger partial charge in [0.1, 0.15) is 11.3 Å². The van der Waals surface area contributed by atoms with Crippen LogP contribution in [0.25, 0.3) is 6.08 Å². The summed E-state index contributed by atoms with van der Waals surface area (Å²) >= 11 is 0. The Morgan fingerprint density at radius 3 is 2.50 bits per heavy atom. The molecule has 0 radical (unpaired) electrons. The van der Waals surface area contributed by atoms with Crippen molar-refractivity contribution >= 4 is 29.5 Å². The summed E-state index contributed by atoms with van der Waals surface area (Å²) < 4.78 is 10.6. The van der Waals surface area contributed by atoms with Crippen molar-refractivity contribution in [3.63, 3.8) is 0 Å². The van der Waals surface area contributed by atoms with Crippen LogP contribution in [0.5, 0.6) is 5.75 Å². The number of nitrogens with one attached hydrogen (secondary N) is 1. The summed E-state index contributed by atoms with van der Waals surface area (Å²) in [6, 6.07) is 15.7. The quantitative estimate of drug-likeness (QED) is 0.473. The Balaban J connectivity index is 1.86. The largest absolute Gasteiger partial charge is 0.478 e. The molecule has 1 aliphatic heterocycles. The van der Waals surface area contributed by atoms with E-state index in [4.69, 9.17) is 9.47 Å². The molecule has 1 N–H and O–H groups in total. The highest BCUT2D eigenvalue weighted by Crippen LogP contribution is 2.26. The first-order valence-corrected chi connectivity index (χ1v) is 8.85. The van der Waals surface area contributed by atoms with Crippen LogP contribution in [0.1, 0.15) is 19.4 Å². The average Bonchev–Trinajstić information content (AvgIpc) is 2.98. The molecule has 0 spiro atoms. The minimum Gasteiger partial charge on any atom is -0.478 e. The summed E-state index contributed by atoms with van der Waals surface area (Å²) in [5.74, 6) is -1.10. The van der Waals surface area contributed by atoms with Crippen LogP contribution in [0.4, 0.5) is 5.69 Å². The first kappa shape index (κ1) is 19.2. The molecule has 0 aliphatic carbocycles. The van der Waals surface area contributed by atoms with Crippen LogP contribution >= 0.6 is 0 Å². The predicted molar refractivity (Wildman–Crippen MR) is 103 cm³/mol. The third-order valence-electron chi connectivity index (χ3n) is 4.05. The normalized spacial score (nSPS) is 16.1. The molecule has 2 aromatic rings. The van der Waals surface area contributed by atoms with Gasteiger partial charge in [-0.05, 0) is 38.1 Å². The lowest BCUT2D eigenvalue weighted by atomic mass is 10.1. The zero-order valence-electron chi connectivity index (χ0n) is 15.5. The van der Waals surface area contributed by atoms with E-state index in [2.05, 4.69) is 5.43 Å². The highest BCUT2D eigenvalue weighted by Gasteiger charge is 2.34. The van der Waals surface area contributed by atoms with Crippen LogP contribution in [-0.4, -0.2) is 30.5 Å². The van der Waals surface area contributed by atoms with Gasteiger partial charge in [-0.3, -0.25) is 15.0 Å². The summed E-state index contributed by atoms with van der Waals surface area (Å²) in [7, 11) is 0. The van der Waals surface area contributed by atoms with Crippen LogP contribution in [0, 0.1) is 0 Å². The third-order valence-corrected chi connectivity index (χ3v) is 4.05. The first-order chi connectivity index (χ1) is 13.5. The van der Waals surface area contributed by atoms with Crippen molar-refractivity contribution in [3.8, 4) is 5.75 Å². The molecule has 0 aromatic heterocycles. The zero-order chi connectivity index (χ0) is 20.1. The van der Waals surface area contributed by atoms with E-state index in [1.54, 1.807) is 62.4 Å². The number of hydrogen-bond donors (Lipinski definition) is 1. The zero-order valence-corrected chi connectivity index (χ0v) is 15.5. The minimum absolute atomic E-state index is 0.0244. The van der Waals surface area contributed by atoms with Gasteiger partial charge in [-0.15, -0.1) is 0 Å². The van der Waals surface area contributed by atoms with Crippen LogP contribution in [-0.2, 0) is 19.1 Å². The Morgan fingerprint density at radius 2 is 1.79 bits per heavy atom. The number of hydrazine groups is 1. The van der Waals surface area contributed by atoms with E-state index in [-0.39, 0.29) is 12.2 Å². The second-order valence-electron chi connectivity index (χ2n) is 6.03. The Hall–Kier alpha value is -3.61. The van der Waals surface area contributed by atoms with Gasteiger partial charge in [0.2, 0.25) is 0 Å². The Labute approximate surface area is 162 Å². The lowest BCUT2D eigenvalue weighted by Gasteiger charge is -2.15. The molecular formula is C21H20N2O5. The van der Waals surface area contributed by atoms with Gasteiger partial charge in [-0.1, -0.05) is 36.4 Å². The molecular weight excluding hydrogens is 360 g/mol. The smallest absolute Gasteiger partial charge is 0.347 e. The molecule has 1 fully saturated rings. The molecule has 7 nitrogen and oxygen atoms in total. The number of ether oxygens (including phenoxy) is 2. The van der Waals surface area contributed by atoms with Gasteiger partial charge < -0.3 is 9.47 Å². The molecule has 7 heteroatoms. The van der Waals surface area contributed by atoms with Crippen molar-refractivity contribution in [2.75, 3.05) is 11.6 Å². The molecule has 144 valence electrons. The molecule has 3 rings (SSSR count). The van der Waals surface area contributed by atoms with Gasteiger partial charge in [-0.2, -0.15) is 0 Å². The first-order valence-electron chi connectivity index (χ1n) is 8.85. The molecule has 28 heavy (non-hydrogen) atoms. The molecule has 1 heterocycles. The lowest BCUT2D eigenvalue weighted by molar-refractivity contribution is -0.150. The third kappa shape index (κ3) is 4.03. The van der Waals surface area contributed by atoms with Crippen LogP contribution in [0.2, 0.25) is 0 Å². The second-order valence-corrected chi connectivity index (χ2v) is 6.03. The number of amides is 2. The van der Waals surface area contributed by atoms with Crippen molar-refractivity contribution in [1.29, 1.82) is 0 Å². The Bertz CT molecular complexity index is 923. The fraction of sp³-hybridized carbons (Fsp3) is 0.190. The van der Waals surface area contributed by atoms with Crippen molar-refractivity contribution < 1.29 is 23.9 Å². The number of hydrogen-bond acceptors (Lipinski definition) is 5. The van der Waals surface area contributed by atoms with Gasteiger partial charge in [0.05, 0.1) is 12.3 Å². The second kappa shape index (κ2) is 8.39. The van der Waals surface area contributed by atoms with Crippen LogP contribution in [0.15, 0.2) is 60.2 Å². The van der Waals surface area contributed by atoms with Gasteiger partial charge in [0, 0.05) is 5.56 Å². The summed E-state index contributed by atoms with van der Waals surface area (Å²) in [6.07, 6.45) is 0.627. The van der Waals surface area contributed by atoms with Gasteiger partial charge >= 0.3 is 5.97 Å². The maximum Gasteiger partial charge on any atom is 0.347 e. The van der Waals surface area contributed by atoms with E-state index >= 15 is 0 Å². The highest BCUT2D eigenvalue weighted by molar-refractivity contribution is 6.31. The summed E-state index contributed by atoms with van der Waals surface area (Å²) in [5, 5.41) is 1.19. The monoisotopic (exact) mass is 380 g/mol. The topological polar surface area (TPSA) is 84.9 Å². The maximum atomic E-state index is 12.7. The fourth-order valence-corrected chi connectivity index (χ4v) is 2.68. The molecule has 2 aromatic carbocycles. The maximum absolute atomic E-state index is 12.7. The minimum atomic E-state index is -0.826. The highest BCUT2D eigenvalue weighted by atomic mass is 16.6. The molecule has 2 amide bonds. The number of para-hydroxylation sites is 2. The summed E-state index contributed by atoms with van der Waals surface area (Å²) in [6.45, 7) is 3.54. The van der Waals surface area contributed by atoms with E-state index in [0.717, 1.165) is 0 Å². The number of carbonyl (C=O) groups is 3. The Kier molecular flexibility index (Phi) is 5.74. The fourth-order valence-electron chi connectivity index (χ4n) is 2.68. The van der Waals surface area contributed by atoms with E-state index in [1.807, 2.05) is 6.07 Å². The standard InChI is InChI=1S/C21H20N2O5/c1-3-27-21(26)14(2)28-18-12-8-7-9-15(18)13-17-19(24)22-23(20(17)25)16-10-5-4-6-11-16/h4-14H,3H2,1-2H3,(H,22,24). The van der Waals surface area contributed by atoms with Crippen LogP contribution < -0.4 is 15.2 Å². The molecule has 0 saturated carbocycles. The molecule has 1 aliphatic rings. The molecule has 1 atom stereocenters. The van der Waals surface area contributed by atoms with E-state index in [1.165, 1.54) is 11.1 Å². The van der Waals surface area contributed by atoms with Crippen molar-refractivity contribution in [3.05, 3.63) is 65.7 Å². The lowest BCUT2D eigenvalue weighted by Crippen LogP contribution is -2.35. The average molecular weight is 380 g/mol.